The molecule has 0 bridgehead atoms. The Morgan fingerprint density at radius 2 is 1.45 bits per heavy atom. The molecule has 4 aromatic carbocycles. The van der Waals surface area contributed by atoms with Crippen LogP contribution in [0.15, 0.2) is 97.6 Å². The second-order valence-corrected chi connectivity index (χ2v) is 7.18. The lowest BCUT2D eigenvalue weighted by Gasteiger charge is -2.10. The Morgan fingerprint density at radius 1 is 0.759 bits per heavy atom. The molecule has 0 spiro atoms. The second-order valence-electron chi connectivity index (χ2n) is 7.18. The van der Waals surface area contributed by atoms with Crippen LogP contribution in [-0.4, -0.2) is 11.6 Å². The molecule has 1 heterocycles. The van der Waals surface area contributed by atoms with Crippen molar-refractivity contribution < 1.29 is 1.43 Å². The Balaban J connectivity index is 0.00000218. The highest BCUT2D eigenvalue weighted by atomic mass is 15.0. The van der Waals surface area contributed by atoms with E-state index in [1.165, 1.54) is 38.6 Å². The summed E-state index contributed by atoms with van der Waals surface area (Å²) in [6, 6.07) is 32.4. The van der Waals surface area contributed by atoms with Gasteiger partial charge in [-0.2, -0.15) is 0 Å². The summed E-state index contributed by atoms with van der Waals surface area (Å²) < 4.78 is 2.34. The fourth-order valence-corrected chi connectivity index (χ4v) is 4.15. The van der Waals surface area contributed by atoms with Crippen molar-refractivity contribution in [3.8, 4) is 16.8 Å². The topological polar surface area (TPSA) is 17.0 Å². The minimum absolute atomic E-state index is 0. The van der Waals surface area contributed by atoms with Crippen LogP contribution < -0.4 is 5.32 Å². The fourth-order valence-electron chi connectivity index (χ4n) is 4.15. The highest BCUT2D eigenvalue weighted by Crippen LogP contribution is 2.35. The standard InChI is InChI=1S/C27H22N2.H2/c1-3-19-17-20(13-15-25(19)28-2)21-14-16-27-24(18-21)23-11-7-8-12-26(23)29(27)22-9-5-4-6-10-22;/h3-18,28H,1H2,2H3;1H. The first kappa shape index (κ1) is 17.3. The van der Waals surface area contributed by atoms with Crippen molar-refractivity contribution in [2.45, 2.75) is 0 Å². The van der Waals surface area contributed by atoms with Gasteiger partial charge in [0.05, 0.1) is 11.0 Å². The minimum atomic E-state index is 0. The molecule has 0 unspecified atom stereocenters. The summed E-state index contributed by atoms with van der Waals surface area (Å²) in [5, 5.41) is 5.76. The van der Waals surface area contributed by atoms with Crippen LogP contribution in [0.5, 0.6) is 0 Å². The van der Waals surface area contributed by atoms with E-state index < -0.39 is 0 Å². The lowest BCUT2D eigenvalue weighted by Crippen LogP contribution is -1.93. The number of aromatic nitrogens is 1. The van der Waals surface area contributed by atoms with Crippen molar-refractivity contribution in [2.24, 2.45) is 0 Å². The van der Waals surface area contributed by atoms with Gasteiger partial charge in [0.25, 0.3) is 0 Å². The average molecular weight is 377 g/mol. The van der Waals surface area contributed by atoms with E-state index in [9.17, 15) is 0 Å². The van der Waals surface area contributed by atoms with Gasteiger partial charge in [-0.3, -0.25) is 0 Å². The van der Waals surface area contributed by atoms with Gasteiger partial charge in [0, 0.05) is 30.6 Å². The number of benzene rings is 4. The largest absolute Gasteiger partial charge is 0.388 e. The number of fused-ring (bicyclic) bond motifs is 3. The Bertz CT molecular complexity index is 1350. The van der Waals surface area contributed by atoms with Gasteiger partial charge in [-0.1, -0.05) is 61.2 Å². The number of rotatable bonds is 4. The first-order valence-corrected chi connectivity index (χ1v) is 9.83. The zero-order valence-electron chi connectivity index (χ0n) is 16.4. The Labute approximate surface area is 172 Å². The van der Waals surface area contributed by atoms with E-state index in [-0.39, 0.29) is 1.43 Å². The molecule has 2 heteroatoms. The molecule has 0 aliphatic rings. The molecule has 0 amide bonds. The first-order valence-electron chi connectivity index (χ1n) is 9.83. The monoisotopic (exact) mass is 376 g/mol. The summed E-state index contributed by atoms with van der Waals surface area (Å²) in [7, 11) is 1.94. The van der Waals surface area contributed by atoms with Crippen LogP contribution >= 0.6 is 0 Å². The maximum atomic E-state index is 3.96. The van der Waals surface area contributed by atoms with Gasteiger partial charge in [0.15, 0.2) is 0 Å². The van der Waals surface area contributed by atoms with Crippen molar-refractivity contribution in [3.05, 3.63) is 103 Å². The van der Waals surface area contributed by atoms with Crippen LogP contribution in [0, 0.1) is 0 Å². The molecular formula is C27H24N2. The molecular weight excluding hydrogens is 352 g/mol. The quantitative estimate of drug-likeness (QED) is 0.346. The van der Waals surface area contributed by atoms with Crippen molar-refractivity contribution in [1.82, 2.24) is 4.57 Å². The molecule has 0 radical (unpaired) electrons. The van der Waals surface area contributed by atoms with Gasteiger partial charge in [-0.25, -0.2) is 0 Å². The smallest absolute Gasteiger partial charge is 0.0541 e. The highest BCUT2D eigenvalue weighted by Gasteiger charge is 2.13. The van der Waals surface area contributed by atoms with Gasteiger partial charge in [-0.05, 0) is 59.2 Å². The summed E-state index contributed by atoms with van der Waals surface area (Å²) in [4.78, 5) is 0. The Kier molecular flexibility index (Phi) is 4.18. The van der Waals surface area contributed by atoms with E-state index in [0.29, 0.717) is 0 Å². The van der Waals surface area contributed by atoms with E-state index in [2.05, 4.69) is 107 Å². The average Bonchev–Trinajstić information content (AvgIpc) is 3.13. The summed E-state index contributed by atoms with van der Waals surface area (Å²) in [6.45, 7) is 3.96. The first-order chi connectivity index (χ1) is 14.3. The molecule has 0 saturated carbocycles. The molecule has 142 valence electrons. The number of anilines is 1. The third-order valence-electron chi connectivity index (χ3n) is 5.56. The van der Waals surface area contributed by atoms with E-state index >= 15 is 0 Å². The SMILES string of the molecule is C=Cc1cc(-c2ccc3c(c2)c2ccccc2n3-c2ccccc2)ccc1NC.[HH]. The zero-order valence-corrected chi connectivity index (χ0v) is 16.4. The van der Waals surface area contributed by atoms with Crippen molar-refractivity contribution >= 4 is 33.6 Å². The third-order valence-corrected chi connectivity index (χ3v) is 5.56. The number of hydrogen-bond acceptors (Lipinski definition) is 1. The predicted molar refractivity (Wildman–Crippen MR) is 128 cm³/mol. The van der Waals surface area contributed by atoms with Gasteiger partial charge < -0.3 is 9.88 Å². The lowest BCUT2D eigenvalue weighted by molar-refractivity contribution is 1.18. The maximum Gasteiger partial charge on any atom is 0.0541 e. The Morgan fingerprint density at radius 3 is 2.24 bits per heavy atom. The van der Waals surface area contributed by atoms with Gasteiger partial charge in [0.2, 0.25) is 0 Å². The fraction of sp³-hybridized carbons (Fsp3) is 0.0370. The van der Waals surface area contributed by atoms with Crippen LogP contribution in [0.25, 0.3) is 44.7 Å². The van der Waals surface area contributed by atoms with Gasteiger partial charge in [-0.15, -0.1) is 0 Å². The van der Waals surface area contributed by atoms with Crippen LogP contribution in [-0.2, 0) is 0 Å². The molecule has 0 aliphatic carbocycles. The van der Waals surface area contributed by atoms with Crippen molar-refractivity contribution in [2.75, 3.05) is 12.4 Å². The molecule has 0 aliphatic heterocycles. The number of hydrogen-bond donors (Lipinski definition) is 1. The minimum Gasteiger partial charge on any atom is -0.388 e. The van der Waals surface area contributed by atoms with Crippen molar-refractivity contribution in [1.29, 1.82) is 0 Å². The van der Waals surface area contributed by atoms with Crippen LogP contribution in [0.1, 0.15) is 6.99 Å². The molecule has 0 atom stereocenters. The summed E-state index contributed by atoms with van der Waals surface area (Å²) in [6.07, 6.45) is 1.90. The molecule has 29 heavy (non-hydrogen) atoms. The second kappa shape index (κ2) is 6.99. The van der Waals surface area contributed by atoms with Crippen LogP contribution in [0.3, 0.4) is 0 Å². The highest BCUT2D eigenvalue weighted by molar-refractivity contribution is 6.10. The summed E-state index contributed by atoms with van der Waals surface area (Å²) in [5.74, 6) is 0. The zero-order chi connectivity index (χ0) is 19.8. The van der Waals surface area contributed by atoms with Crippen LogP contribution in [0.2, 0.25) is 0 Å². The molecule has 2 nitrogen and oxygen atoms in total. The summed E-state index contributed by atoms with van der Waals surface area (Å²) in [5.41, 5.74) is 8.22. The lowest BCUT2D eigenvalue weighted by atomic mass is 10.00. The molecule has 1 aromatic heterocycles. The molecule has 0 fully saturated rings. The van der Waals surface area contributed by atoms with Crippen molar-refractivity contribution in [3.63, 3.8) is 0 Å². The molecule has 5 rings (SSSR count). The normalized spacial score (nSPS) is 11.1. The number of nitrogens with one attached hydrogen (secondary N) is 1. The summed E-state index contributed by atoms with van der Waals surface area (Å²) >= 11 is 0. The number of para-hydroxylation sites is 2. The predicted octanol–water partition coefficient (Wildman–Crippen LogP) is 7.38. The van der Waals surface area contributed by atoms with E-state index in [0.717, 1.165) is 11.3 Å². The van der Waals surface area contributed by atoms with E-state index in [4.69, 9.17) is 0 Å². The molecule has 0 saturated heterocycles. The van der Waals surface area contributed by atoms with Crippen LogP contribution in [0.4, 0.5) is 5.69 Å². The molecule has 1 N–H and O–H groups in total. The maximum absolute atomic E-state index is 3.96. The third kappa shape index (κ3) is 2.81. The Hall–Kier alpha value is -3.78. The number of nitrogens with zero attached hydrogens (tertiary/aromatic N) is 1. The van der Waals surface area contributed by atoms with Gasteiger partial charge >= 0.3 is 0 Å². The van der Waals surface area contributed by atoms with E-state index in [1.54, 1.807) is 0 Å². The molecule has 5 aromatic rings. The van der Waals surface area contributed by atoms with Gasteiger partial charge in [0.1, 0.15) is 0 Å². The van der Waals surface area contributed by atoms with E-state index in [1.807, 2.05) is 13.1 Å².